The summed E-state index contributed by atoms with van der Waals surface area (Å²) in [6.07, 6.45) is 39.5. The van der Waals surface area contributed by atoms with Crippen molar-refractivity contribution >= 4 is 18.3 Å². The first kappa shape index (κ1) is 51.1. The number of carbonyl (C=O) groups is 2. The summed E-state index contributed by atoms with van der Waals surface area (Å²) < 4.78 is 11.6. The van der Waals surface area contributed by atoms with Gasteiger partial charge >= 0.3 is 11.9 Å². The Morgan fingerprint density at radius 2 is 1.00 bits per heavy atom. The lowest BCUT2D eigenvalue weighted by Crippen LogP contribution is -2.30. The molecule has 0 heterocycles. The molecular formula is C46H89N3O4. The molecule has 0 bridgehead atoms. The van der Waals surface area contributed by atoms with Gasteiger partial charge in [0.05, 0.1) is 12.9 Å². The van der Waals surface area contributed by atoms with Crippen molar-refractivity contribution in [2.45, 2.75) is 226 Å². The van der Waals surface area contributed by atoms with Crippen molar-refractivity contribution in [3.8, 4) is 0 Å². The Balaban J connectivity index is 4.48. The number of ether oxygens (including phenoxy) is 2. The Morgan fingerprint density at radius 3 is 1.55 bits per heavy atom. The first-order valence-electron chi connectivity index (χ1n) is 22.9. The van der Waals surface area contributed by atoms with Crippen LogP contribution in [0.3, 0.4) is 0 Å². The van der Waals surface area contributed by atoms with E-state index in [-0.39, 0.29) is 18.0 Å². The summed E-state index contributed by atoms with van der Waals surface area (Å²) in [7, 11) is 1.78. The maximum Gasteiger partial charge on any atom is 0.306 e. The minimum Gasteiger partial charge on any atom is -0.466 e. The van der Waals surface area contributed by atoms with Crippen LogP contribution < -0.4 is 0 Å². The second-order valence-corrected chi connectivity index (χ2v) is 15.5. The molecule has 0 saturated carbocycles. The number of rotatable bonds is 42. The highest BCUT2D eigenvalue weighted by Gasteiger charge is 2.15. The molecule has 0 fully saturated rings. The van der Waals surface area contributed by atoms with Crippen LogP contribution in [0.5, 0.6) is 0 Å². The highest BCUT2D eigenvalue weighted by Crippen LogP contribution is 2.18. The van der Waals surface area contributed by atoms with E-state index in [1.165, 1.54) is 116 Å². The number of esters is 2. The van der Waals surface area contributed by atoms with Gasteiger partial charge in [-0.05, 0) is 83.6 Å². The third kappa shape index (κ3) is 36.8. The second-order valence-electron chi connectivity index (χ2n) is 15.5. The molecule has 0 aliphatic rings. The van der Waals surface area contributed by atoms with Gasteiger partial charge in [-0.1, -0.05) is 156 Å². The Bertz CT molecular complexity index is 836. The first-order chi connectivity index (χ1) is 26.0. The Hall–Kier alpha value is -1.89. The van der Waals surface area contributed by atoms with Gasteiger partial charge in [0.25, 0.3) is 0 Å². The van der Waals surface area contributed by atoms with Crippen LogP contribution in [-0.4, -0.2) is 74.0 Å². The monoisotopic (exact) mass is 748 g/mol. The van der Waals surface area contributed by atoms with Gasteiger partial charge in [-0.2, -0.15) is 0 Å². The van der Waals surface area contributed by atoms with Crippen LogP contribution in [0.25, 0.3) is 0 Å². The molecule has 0 aliphatic carbocycles. The second kappa shape index (κ2) is 41.3. The van der Waals surface area contributed by atoms with Crippen molar-refractivity contribution < 1.29 is 19.1 Å². The molecule has 0 N–H and O–H groups in total. The minimum atomic E-state index is -0.0574. The predicted octanol–water partition coefficient (Wildman–Crippen LogP) is 13.0. The van der Waals surface area contributed by atoms with Crippen LogP contribution in [0, 0.1) is 0 Å². The molecule has 0 saturated heterocycles. The molecule has 0 amide bonds. The predicted molar refractivity (Wildman–Crippen MR) is 229 cm³/mol. The quantitative estimate of drug-likeness (QED) is 0.0268. The lowest BCUT2D eigenvalue weighted by Gasteiger charge is -2.23. The van der Waals surface area contributed by atoms with Crippen molar-refractivity contribution in [3.05, 3.63) is 12.8 Å². The molecule has 1 atom stereocenters. The van der Waals surface area contributed by atoms with Gasteiger partial charge < -0.3 is 19.3 Å². The summed E-state index contributed by atoms with van der Waals surface area (Å²) >= 11 is 0. The van der Waals surface area contributed by atoms with Gasteiger partial charge in [0.1, 0.15) is 6.10 Å². The smallest absolute Gasteiger partial charge is 0.306 e. The summed E-state index contributed by atoms with van der Waals surface area (Å²) in [6, 6.07) is 0. The van der Waals surface area contributed by atoms with E-state index in [0.29, 0.717) is 19.4 Å². The summed E-state index contributed by atoms with van der Waals surface area (Å²) in [5, 5.41) is 0. The van der Waals surface area contributed by atoms with E-state index in [9.17, 15) is 9.59 Å². The van der Waals surface area contributed by atoms with E-state index in [4.69, 9.17) is 9.47 Å². The van der Waals surface area contributed by atoms with E-state index in [1.54, 1.807) is 7.05 Å². The van der Waals surface area contributed by atoms with E-state index in [1.807, 2.05) is 17.4 Å². The average molecular weight is 748 g/mol. The molecule has 0 spiro atoms. The minimum absolute atomic E-state index is 0.0118. The molecular weight excluding hydrogens is 659 g/mol. The highest BCUT2D eigenvalue weighted by atomic mass is 16.5. The third-order valence-corrected chi connectivity index (χ3v) is 10.4. The fourth-order valence-corrected chi connectivity index (χ4v) is 7.04. The molecule has 7 nitrogen and oxygen atoms in total. The molecule has 0 aromatic carbocycles. The standard InChI is InChI=1S/C46H89N3O4/c1-6-10-13-16-19-23-28-35-44(34-27-22-18-15-12-8-3)53-46(51)36-29-24-21-25-30-38-49(41-33-40-48(9-4)43-47-5)39-32-37-45(50)52-42-31-26-20-17-14-11-7-2/h9,43-44H,4,6-8,10-42H2,1-3,5H3/b47-43-. The van der Waals surface area contributed by atoms with E-state index in [2.05, 4.69) is 37.2 Å². The zero-order valence-corrected chi connectivity index (χ0v) is 35.9. The van der Waals surface area contributed by atoms with Crippen LogP contribution >= 0.6 is 0 Å². The highest BCUT2D eigenvalue weighted by molar-refractivity contribution is 5.69. The summed E-state index contributed by atoms with van der Waals surface area (Å²) in [4.78, 5) is 33.8. The maximum absolute atomic E-state index is 12.8. The Kier molecular flexibility index (Phi) is 39.8. The van der Waals surface area contributed by atoms with Gasteiger partial charge in [-0.3, -0.25) is 14.6 Å². The van der Waals surface area contributed by atoms with Crippen LogP contribution in [0.15, 0.2) is 17.8 Å². The third-order valence-electron chi connectivity index (χ3n) is 10.4. The van der Waals surface area contributed by atoms with Crippen molar-refractivity contribution in [1.82, 2.24) is 9.80 Å². The van der Waals surface area contributed by atoms with Gasteiger partial charge in [-0.25, -0.2) is 0 Å². The van der Waals surface area contributed by atoms with Crippen LogP contribution in [-0.2, 0) is 19.1 Å². The maximum atomic E-state index is 12.8. The molecule has 7 heteroatoms. The SMILES string of the molecule is C=CN(/C=N\C)CCCN(CCCCCCCC(=O)OC(CCCCCCCC)CCCCCCCCC)CCCC(=O)OCCCCCCCCC. The molecule has 0 aromatic heterocycles. The molecule has 1 unspecified atom stereocenters. The molecule has 53 heavy (non-hydrogen) atoms. The van der Waals surface area contributed by atoms with Gasteiger partial charge in [0.2, 0.25) is 0 Å². The lowest BCUT2D eigenvalue weighted by atomic mass is 10.0. The largest absolute Gasteiger partial charge is 0.466 e. The van der Waals surface area contributed by atoms with Gasteiger partial charge in [-0.15, -0.1) is 0 Å². The first-order valence-corrected chi connectivity index (χ1v) is 22.9. The number of aliphatic imine (C=N–C) groups is 1. The molecule has 0 rings (SSSR count). The number of carbonyl (C=O) groups excluding carboxylic acids is 2. The summed E-state index contributed by atoms with van der Waals surface area (Å²) in [5.41, 5.74) is 0. The van der Waals surface area contributed by atoms with E-state index in [0.717, 1.165) is 96.8 Å². The molecule has 0 aliphatic heterocycles. The van der Waals surface area contributed by atoms with E-state index >= 15 is 0 Å². The zero-order chi connectivity index (χ0) is 38.9. The fourth-order valence-electron chi connectivity index (χ4n) is 7.04. The van der Waals surface area contributed by atoms with Crippen molar-refractivity contribution in [2.24, 2.45) is 4.99 Å². The number of hydrogen-bond donors (Lipinski definition) is 0. The topological polar surface area (TPSA) is 71.4 Å². The lowest BCUT2D eigenvalue weighted by molar-refractivity contribution is -0.150. The van der Waals surface area contributed by atoms with Crippen LogP contribution in [0.2, 0.25) is 0 Å². The van der Waals surface area contributed by atoms with Crippen molar-refractivity contribution in [1.29, 1.82) is 0 Å². The zero-order valence-electron chi connectivity index (χ0n) is 35.9. The summed E-state index contributed by atoms with van der Waals surface area (Å²) in [5.74, 6) is -0.0456. The Labute approximate surface area is 329 Å². The molecule has 0 radical (unpaired) electrons. The molecule has 312 valence electrons. The fraction of sp³-hybridized carbons (Fsp3) is 0.891. The Morgan fingerprint density at radius 1 is 0.547 bits per heavy atom. The van der Waals surface area contributed by atoms with Crippen LogP contribution in [0.1, 0.15) is 220 Å². The van der Waals surface area contributed by atoms with Gasteiger partial charge in [0.15, 0.2) is 0 Å². The number of hydrogen-bond acceptors (Lipinski definition) is 6. The molecule has 0 aromatic rings. The summed E-state index contributed by atoms with van der Waals surface area (Å²) in [6.45, 7) is 15.0. The van der Waals surface area contributed by atoms with Crippen molar-refractivity contribution in [3.63, 3.8) is 0 Å². The number of unbranched alkanes of at least 4 members (excludes halogenated alkanes) is 21. The normalized spacial score (nSPS) is 12.1. The van der Waals surface area contributed by atoms with E-state index < -0.39 is 0 Å². The number of nitrogens with zero attached hydrogens (tertiary/aromatic N) is 3. The van der Waals surface area contributed by atoms with Crippen molar-refractivity contribution in [2.75, 3.05) is 39.8 Å². The van der Waals surface area contributed by atoms with Gasteiger partial charge in [0, 0.05) is 26.4 Å². The average Bonchev–Trinajstić information content (AvgIpc) is 3.15. The van der Waals surface area contributed by atoms with Crippen LogP contribution in [0.4, 0.5) is 0 Å².